The van der Waals surface area contributed by atoms with Gasteiger partial charge in [0.1, 0.15) is 5.65 Å². The summed E-state index contributed by atoms with van der Waals surface area (Å²) in [6.07, 6.45) is -1.10. The zero-order chi connectivity index (χ0) is 27.7. The number of carboxylic acid groups (broad SMARTS) is 1. The van der Waals surface area contributed by atoms with E-state index in [-0.39, 0.29) is 31.3 Å². The fourth-order valence-corrected chi connectivity index (χ4v) is 5.56. The predicted molar refractivity (Wildman–Crippen MR) is 132 cm³/mol. The number of aromatic nitrogens is 2. The molecule has 0 atom stereocenters. The highest BCUT2D eigenvalue weighted by Crippen LogP contribution is 2.32. The molecule has 1 aromatic carbocycles. The van der Waals surface area contributed by atoms with Crippen LogP contribution in [-0.2, 0) is 29.1 Å². The monoisotopic (exact) mass is 548 g/mol. The molecule has 1 N–H and O–H groups in total. The van der Waals surface area contributed by atoms with E-state index in [4.69, 9.17) is 5.11 Å². The first kappa shape index (κ1) is 26.9. The Balaban J connectivity index is 1.33. The van der Waals surface area contributed by atoms with Crippen molar-refractivity contribution < 1.29 is 37.0 Å². The maximum Gasteiger partial charge on any atom is 0.573 e. The number of carboxylic acids is 1. The number of halogens is 4. The van der Waals surface area contributed by atoms with E-state index in [1.807, 2.05) is 16.7 Å². The second kappa shape index (κ2) is 10.8. The third-order valence-corrected chi connectivity index (χ3v) is 7.46. The van der Waals surface area contributed by atoms with Crippen molar-refractivity contribution in [1.29, 1.82) is 0 Å². The van der Waals surface area contributed by atoms with Gasteiger partial charge in [-0.05, 0) is 73.7 Å². The summed E-state index contributed by atoms with van der Waals surface area (Å²) >= 11 is 0. The standard InChI is InChI=1S/C27H28F4N4O4/c28-21-12-18(3-4-23(21)39-27(29,30)31)14-35-22-15-34(11-7-19(22)20-2-1-8-32-26(20)35)24(36)16-33-9-5-17(6-10-33)13-25(37)38/h1-4,8,12,17H,5-7,9-11,13-16H2,(H,37,38). The lowest BCUT2D eigenvalue weighted by atomic mass is 9.93. The number of carbonyl (C=O) groups is 2. The van der Waals surface area contributed by atoms with Gasteiger partial charge in [0, 0.05) is 36.8 Å². The van der Waals surface area contributed by atoms with Crippen molar-refractivity contribution in [2.75, 3.05) is 26.2 Å². The van der Waals surface area contributed by atoms with Crippen molar-refractivity contribution in [1.82, 2.24) is 19.4 Å². The maximum atomic E-state index is 14.4. The highest BCUT2D eigenvalue weighted by molar-refractivity contribution is 5.84. The van der Waals surface area contributed by atoms with Crippen molar-refractivity contribution in [2.45, 2.75) is 45.1 Å². The number of benzene rings is 1. The number of hydrogen-bond donors (Lipinski definition) is 1. The van der Waals surface area contributed by atoms with Gasteiger partial charge in [-0.25, -0.2) is 9.37 Å². The number of nitrogens with zero attached hydrogens (tertiary/aromatic N) is 4. The van der Waals surface area contributed by atoms with Crippen LogP contribution in [0, 0.1) is 11.7 Å². The molecule has 12 heteroatoms. The molecule has 2 aliphatic rings. The van der Waals surface area contributed by atoms with Gasteiger partial charge in [0.05, 0.1) is 13.1 Å². The fourth-order valence-electron chi connectivity index (χ4n) is 5.56. The maximum absolute atomic E-state index is 14.4. The van der Waals surface area contributed by atoms with E-state index in [1.165, 1.54) is 6.07 Å². The number of aliphatic carboxylic acids is 1. The summed E-state index contributed by atoms with van der Waals surface area (Å²) in [5.74, 6) is -2.71. The molecule has 1 amide bonds. The minimum Gasteiger partial charge on any atom is -0.481 e. The number of rotatable bonds is 7. The Kier molecular flexibility index (Phi) is 7.48. The number of amides is 1. The van der Waals surface area contributed by atoms with E-state index in [9.17, 15) is 27.2 Å². The number of carbonyl (C=O) groups excluding carboxylic acids is 1. The van der Waals surface area contributed by atoms with E-state index in [0.717, 1.165) is 41.6 Å². The SMILES string of the molecule is O=C(O)CC1CCN(CC(=O)N2CCc3c(n(Cc4ccc(OC(F)(F)F)c(F)c4)c4ncccc34)C2)CC1. The third kappa shape index (κ3) is 6.16. The van der Waals surface area contributed by atoms with Crippen molar-refractivity contribution in [2.24, 2.45) is 5.92 Å². The molecule has 0 aliphatic carbocycles. The quantitative estimate of drug-likeness (QED) is 0.446. The first-order chi connectivity index (χ1) is 18.6. The highest BCUT2D eigenvalue weighted by Gasteiger charge is 2.33. The van der Waals surface area contributed by atoms with E-state index in [2.05, 4.69) is 14.6 Å². The average molecular weight is 549 g/mol. The van der Waals surface area contributed by atoms with Crippen LogP contribution >= 0.6 is 0 Å². The van der Waals surface area contributed by atoms with Crippen LogP contribution in [0.25, 0.3) is 11.0 Å². The first-order valence-corrected chi connectivity index (χ1v) is 12.8. The van der Waals surface area contributed by atoms with Gasteiger partial charge in [0.2, 0.25) is 5.91 Å². The number of hydrogen-bond acceptors (Lipinski definition) is 5. The molecule has 1 saturated heterocycles. The molecular weight excluding hydrogens is 520 g/mol. The molecule has 2 aliphatic heterocycles. The van der Waals surface area contributed by atoms with Crippen LogP contribution in [0.1, 0.15) is 36.1 Å². The van der Waals surface area contributed by atoms with Crippen LogP contribution in [-0.4, -0.2) is 68.9 Å². The van der Waals surface area contributed by atoms with Crippen molar-refractivity contribution in [3.8, 4) is 5.75 Å². The van der Waals surface area contributed by atoms with Gasteiger partial charge in [0.15, 0.2) is 11.6 Å². The Bertz CT molecular complexity index is 1380. The van der Waals surface area contributed by atoms with Crippen molar-refractivity contribution >= 4 is 22.9 Å². The lowest BCUT2D eigenvalue weighted by molar-refractivity contribution is -0.275. The van der Waals surface area contributed by atoms with Crippen LogP contribution < -0.4 is 4.74 Å². The van der Waals surface area contributed by atoms with Crippen LogP contribution in [0.15, 0.2) is 36.5 Å². The van der Waals surface area contributed by atoms with Gasteiger partial charge in [0.25, 0.3) is 0 Å². The molecular formula is C27H28F4N4O4. The minimum absolute atomic E-state index is 0.0261. The van der Waals surface area contributed by atoms with E-state index >= 15 is 0 Å². The second-order valence-electron chi connectivity index (χ2n) is 10.1. The predicted octanol–water partition coefficient (Wildman–Crippen LogP) is 4.19. The van der Waals surface area contributed by atoms with Gasteiger partial charge < -0.3 is 19.3 Å². The Morgan fingerprint density at radius 3 is 2.59 bits per heavy atom. The first-order valence-electron chi connectivity index (χ1n) is 12.8. The van der Waals surface area contributed by atoms with Crippen molar-refractivity contribution in [3.63, 3.8) is 0 Å². The zero-order valence-electron chi connectivity index (χ0n) is 21.1. The molecule has 8 nitrogen and oxygen atoms in total. The van der Waals surface area contributed by atoms with Gasteiger partial charge in [-0.3, -0.25) is 14.5 Å². The van der Waals surface area contributed by atoms with Crippen LogP contribution in [0.4, 0.5) is 17.6 Å². The van der Waals surface area contributed by atoms with Gasteiger partial charge >= 0.3 is 12.3 Å². The largest absolute Gasteiger partial charge is 0.573 e. The summed E-state index contributed by atoms with van der Waals surface area (Å²) in [6.45, 7) is 2.62. The summed E-state index contributed by atoms with van der Waals surface area (Å²) in [5.41, 5.74) is 3.00. The third-order valence-electron chi connectivity index (χ3n) is 7.46. The zero-order valence-corrected chi connectivity index (χ0v) is 21.1. The van der Waals surface area contributed by atoms with Gasteiger partial charge in [-0.2, -0.15) is 0 Å². The molecule has 0 radical (unpaired) electrons. The minimum atomic E-state index is -4.99. The molecule has 5 rings (SSSR count). The lowest BCUT2D eigenvalue weighted by Gasteiger charge is -2.34. The lowest BCUT2D eigenvalue weighted by Crippen LogP contribution is -2.45. The Hall–Kier alpha value is -3.67. The summed E-state index contributed by atoms with van der Waals surface area (Å²) in [4.78, 5) is 32.5. The number of piperidine rings is 1. The molecule has 208 valence electrons. The number of fused-ring (bicyclic) bond motifs is 3. The van der Waals surface area contributed by atoms with Crippen LogP contribution in [0.3, 0.4) is 0 Å². The number of ether oxygens (including phenoxy) is 1. The smallest absolute Gasteiger partial charge is 0.481 e. The van der Waals surface area contributed by atoms with Crippen LogP contribution in [0.2, 0.25) is 0 Å². The van der Waals surface area contributed by atoms with Crippen molar-refractivity contribution in [3.05, 3.63) is 59.2 Å². The molecule has 39 heavy (non-hydrogen) atoms. The summed E-state index contributed by atoms with van der Waals surface area (Å²) in [6, 6.07) is 7.12. The highest BCUT2D eigenvalue weighted by atomic mass is 19.4. The van der Waals surface area contributed by atoms with Gasteiger partial charge in [-0.15, -0.1) is 13.2 Å². The Morgan fingerprint density at radius 2 is 1.90 bits per heavy atom. The average Bonchev–Trinajstić information content (AvgIpc) is 3.19. The summed E-state index contributed by atoms with van der Waals surface area (Å²) in [5, 5.41) is 9.94. The molecule has 0 spiro atoms. The Labute approximate surface area is 221 Å². The normalized spacial score (nSPS) is 16.9. The molecule has 3 aromatic rings. The van der Waals surface area contributed by atoms with E-state index in [0.29, 0.717) is 43.8 Å². The molecule has 4 heterocycles. The molecule has 2 aromatic heterocycles. The van der Waals surface area contributed by atoms with E-state index < -0.39 is 23.9 Å². The topological polar surface area (TPSA) is 87.9 Å². The molecule has 0 unspecified atom stereocenters. The van der Waals surface area contributed by atoms with Crippen LogP contribution in [0.5, 0.6) is 5.75 Å². The fraction of sp³-hybridized carbons (Fsp3) is 0.444. The molecule has 0 saturated carbocycles. The Morgan fingerprint density at radius 1 is 1.13 bits per heavy atom. The second-order valence-corrected chi connectivity index (χ2v) is 10.1. The summed E-state index contributed by atoms with van der Waals surface area (Å²) < 4.78 is 57.7. The number of alkyl halides is 3. The van der Waals surface area contributed by atoms with E-state index in [1.54, 1.807) is 11.1 Å². The molecule has 0 bridgehead atoms. The summed E-state index contributed by atoms with van der Waals surface area (Å²) in [7, 11) is 0. The number of likely N-dealkylation sites (tertiary alicyclic amines) is 1. The van der Waals surface area contributed by atoms with Gasteiger partial charge in [-0.1, -0.05) is 6.07 Å². The molecule has 1 fully saturated rings. The number of pyridine rings is 1.